The molecule has 1 aromatic heterocycles. The van der Waals surface area contributed by atoms with Gasteiger partial charge in [-0.05, 0) is 31.5 Å². The van der Waals surface area contributed by atoms with E-state index in [9.17, 15) is 0 Å². The molecule has 0 aliphatic heterocycles. The molecular weight excluding hydrogens is 162 g/mol. The van der Waals surface area contributed by atoms with E-state index in [0.29, 0.717) is 6.04 Å². The zero-order valence-corrected chi connectivity index (χ0v) is 8.55. The Balaban J connectivity index is 2.35. The van der Waals surface area contributed by atoms with Gasteiger partial charge in [0, 0.05) is 0 Å². The molecule has 1 rings (SSSR count). The van der Waals surface area contributed by atoms with Crippen LogP contribution in [0.2, 0.25) is 0 Å². The van der Waals surface area contributed by atoms with Crippen LogP contribution in [0.1, 0.15) is 44.9 Å². The number of rotatable bonds is 6. The monoisotopic (exact) mass is 181 g/mol. The van der Waals surface area contributed by atoms with Crippen LogP contribution in [0.15, 0.2) is 22.8 Å². The van der Waals surface area contributed by atoms with Crippen molar-refractivity contribution in [2.75, 3.05) is 6.54 Å². The lowest BCUT2D eigenvalue weighted by Crippen LogP contribution is -2.21. The van der Waals surface area contributed by atoms with E-state index >= 15 is 0 Å². The molecule has 0 saturated carbocycles. The SMILES string of the molecule is CCCCNC(CC)c1ccco1. The summed E-state index contributed by atoms with van der Waals surface area (Å²) < 4.78 is 5.35. The van der Waals surface area contributed by atoms with Crippen LogP contribution in [0.25, 0.3) is 0 Å². The van der Waals surface area contributed by atoms with Crippen LogP contribution in [0.4, 0.5) is 0 Å². The van der Waals surface area contributed by atoms with E-state index in [-0.39, 0.29) is 0 Å². The minimum atomic E-state index is 0.390. The van der Waals surface area contributed by atoms with Crippen molar-refractivity contribution in [3.05, 3.63) is 24.2 Å². The van der Waals surface area contributed by atoms with Crippen molar-refractivity contribution >= 4 is 0 Å². The fourth-order valence-electron chi connectivity index (χ4n) is 1.39. The fourth-order valence-corrected chi connectivity index (χ4v) is 1.39. The summed E-state index contributed by atoms with van der Waals surface area (Å²) in [6.07, 6.45) is 5.29. The predicted molar refractivity (Wildman–Crippen MR) is 54.7 cm³/mol. The van der Waals surface area contributed by atoms with Crippen LogP contribution >= 0.6 is 0 Å². The molecule has 1 aromatic rings. The summed E-state index contributed by atoms with van der Waals surface area (Å²) in [5.41, 5.74) is 0. The van der Waals surface area contributed by atoms with Gasteiger partial charge in [0.05, 0.1) is 12.3 Å². The Kier molecular flexibility index (Phi) is 4.61. The van der Waals surface area contributed by atoms with Crippen molar-refractivity contribution in [3.63, 3.8) is 0 Å². The molecule has 0 aliphatic rings. The molecule has 1 unspecified atom stereocenters. The first-order valence-electron chi connectivity index (χ1n) is 5.15. The topological polar surface area (TPSA) is 25.2 Å². The molecule has 0 aliphatic carbocycles. The van der Waals surface area contributed by atoms with Gasteiger partial charge in [-0.1, -0.05) is 20.3 Å². The molecule has 0 saturated heterocycles. The molecule has 0 bridgehead atoms. The molecule has 0 spiro atoms. The van der Waals surface area contributed by atoms with E-state index in [0.717, 1.165) is 18.7 Å². The second kappa shape index (κ2) is 5.81. The maximum absolute atomic E-state index is 5.35. The van der Waals surface area contributed by atoms with Crippen molar-refractivity contribution in [1.82, 2.24) is 5.32 Å². The van der Waals surface area contributed by atoms with E-state index in [1.54, 1.807) is 6.26 Å². The highest BCUT2D eigenvalue weighted by atomic mass is 16.3. The molecule has 0 aromatic carbocycles. The maximum Gasteiger partial charge on any atom is 0.120 e. The van der Waals surface area contributed by atoms with Gasteiger partial charge in [-0.3, -0.25) is 0 Å². The summed E-state index contributed by atoms with van der Waals surface area (Å²) >= 11 is 0. The third-order valence-electron chi connectivity index (χ3n) is 2.22. The van der Waals surface area contributed by atoms with Crippen LogP contribution in [-0.2, 0) is 0 Å². The van der Waals surface area contributed by atoms with Gasteiger partial charge >= 0.3 is 0 Å². The summed E-state index contributed by atoms with van der Waals surface area (Å²) in [5, 5.41) is 3.48. The van der Waals surface area contributed by atoms with Crippen molar-refractivity contribution in [2.24, 2.45) is 0 Å². The lowest BCUT2D eigenvalue weighted by atomic mass is 10.1. The molecule has 0 fully saturated rings. The van der Waals surface area contributed by atoms with Crippen LogP contribution in [0.5, 0.6) is 0 Å². The molecule has 0 radical (unpaired) electrons. The van der Waals surface area contributed by atoms with E-state index in [2.05, 4.69) is 19.2 Å². The molecular formula is C11H19NO. The first kappa shape index (κ1) is 10.3. The van der Waals surface area contributed by atoms with Crippen LogP contribution in [0.3, 0.4) is 0 Å². The molecule has 1 atom stereocenters. The molecule has 2 nitrogen and oxygen atoms in total. The lowest BCUT2D eigenvalue weighted by Gasteiger charge is -2.13. The van der Waals surface area contributed by atoms with Gasteiger partial charge in [-0.2, -0.15) is 0 Å². The number of furan rings is 1. The minimum absolute atomic E-state index is 0.390. The van der Waals surface area contributed by atoms with Gasteiger partial charge in [-0.15, -0.1) is 0 Å². The summed E-state index contributed by atoms with van der Waals surface area (Å²) in [7, 11) is 0. The quantitative estimate of drug-likeness (QED) is 0.682. The Hall–Kier alpha value is -0.760. The lowest BCUT2D eigenvalue weighted by molar-refractivity contribution is 0.402. The Bertz CT molecular complexity index is 206. The maximum atomic E-state index is 5.35. The average Bonchev–Trinajstić information content (AvgIpc) is 2.65. The van der Waals surface area contributed by atoms with Gasteiger partial charge in [0.25, 0.3) is 0 Å². The smallest absolute Gasteiger partial charge is 0.120 e. The highest BCUT2D eigenvalue weighted by Crippen LogP contribution is 2.16. The Morgan fingerprint density at radius 3 is 2.85 bits per heavy atom. The highest BCUT2D eigenvalue weighted by molar-refractivity contribution is 5.03. The van der Waals surface area contributed by atoms with Crippen LogP contribution < -0.4 is 5.32 Å². The average molecular weight is 181 g/mol. The number of hydrogen-bond donors (Lipinski definition) is 1. The summed E-state index contributed by atoms with van der Waals surface area (Å²) in [5.74, 6) is 1.05. The zero-order chi connectivity index (χ0) is 9.52. The zero-order valence-electron chi connectivity index (χ0n) is 8.55. The normalized spacial score (nSPS) is 13.1. The standard InChI is InChI=1S/C11H19NO/c1-3-5-8-12-10(4-2)11-7-6-9-13-11/h6-7,9-10,12H,3-5,8H2,1-2H3. The predicted octanol–water partition coefficient (Wildman–Crippen LogP) is 3.12. The van der Waals surface area contributed by atoms with Crippen LogP contribution in [-0.4, -0.2) is 6.54 Å². The molecule has 1 heterocycles. The Labute approximate surface area is 80.3 Å². The van der Waals surface area contributed by atoms with Gasteiger partial charge in [-0.25, -0.2) is 0 Å². The van der Waals surface area contributed by atoms with E-state index in [1.807, 2.05) is 12.1 Å². The molecule has 74 valence electrons. The summed E-state index contributed by atoms with van der Waals surface area (Å²) in [4.78, 5) is 0. The molecule has 0 amide bonds. The van der Waals surface area contributed by atoms with Crippen molar-refractivity contribution in [3.8, 4) is 0 Å². The van der Waals surface area contributed by atoms with E-state index in [4.69, 9.17) is 4.42 Å². The second-order valence-corrected chi connectivity index (χ2v) is 3.28. The van der Waals surface area contributed by atoms with Crippen molar-refractivity contribution < 1.29 is 4.42 Å². The Morgan fingerprint density at radius 1 is 1.46 bits per heavy atom. The number of unbranched alkanes of at least 4 members (excludes halogenated alkanes) is 1. The minimum Gasteiger partial charge on any atom is -0.468 e. The summed E-state index contributed by atoms with van der Waals surface area (Å²) in [6, 6.07) is 4.37. The highest BCUT2D eigenvalue weighted by Gasteiger charge is 2.09. The number of nitrogens with one attached hydrogen (secondary N) is 1. The van der Waals surface area contributed by atoms with Gasteiger partial charge in [0.1, 0.15) is 5.76 Å². The van der Waals surface area contributed by atoms with Gasteiger partial charge < -0.3 is 9.73 Å². The van der Waals surface area contributed by atoms with Crippen molar-refractivity contribution in [1.29, 1.82) is 0 Å². The van der Waals surface area contributed by atoms with Crippen molar-refractivity contribution in [2.45, 2.75) is 39.2 Å². The third kappa shape index (κ3) is 3.23. The van der Waals surface area contributed by atoms with Gasteiger partial charge in [0.2, 0.25) is 0 Å². The fraction of sp³-hybridized carbons (Fsp3) is 0.636. The van der Waals surface area contributed by atoms with Gasteiger partial charge in [0.15, 0.2) is 0 Å². The van der Waals surface area contributed by atoms with E-state index in [1.165, 1.54) is 12.8 Å². The Morgan fingerprint density at radius 2 is 2.31 bits per heavy atom. The third-order valence-corrected chi connectivity index (χ3v) is 2.22. The number of hydrogen-bond acceptors (Lipinski definition) is 2. The molecule has 1 N–H and O–H groups in total. The van der Waals surface area contributed by atoms with E-state index < -0.39 is 0 Å². The summed E-state index contributed by atoms with van der Waals surface area (Å²) in [6.45, 7) is 5.46. The van der Waals surface area contributed by atoms with Crippen LogP contribution in [0, 0.1) is 0 Å². The first-order chi connectivity index (χ1) is 6.38. The first-order valence-corrected chi connectivity index (χ1v) is 5.15. The molecule has 2 heteroatoms. The molecule has 13 heavy (non-hydrogen) atoms. The second-order valence-electron chi connectivity index (χ2n) is 3.28. The largest absolute Gasteiger partial charge is 0.468 e.